The van der Waals surface area contributed by atoms with Crippen LogP contribution in [-0.2, 0) is 29.1 Å². The second-order valence-electron chi connectivity index (χ2n) is 3.45. The van der Waals surface area contributed by atoms with Crippen LogP contribution < -0.4 is 0 Å². The molecular formula is C10H12N2O4. The minimum absolute atomic E-state index is 0.0248. The molecule has 6 nitrogen and oxygen atoms in total. The SMILES string of the molecule is COCc1nc2c(c(C(=O)O)n1)COCC2. The Kier molecular flexibility index (Phi) is 3.12. The lowest BCUT2D eigenvalue weighted by molar-refractivity contribution is 0.0670. The number of carbonyl (C=O) groups is 1. The highest BCUT2D eigenvalue weighted by Crippen LogP contribution is 2.18. The van der Waals surface area contributed by atoms with E-state index in [1.165, 1.54) is 7.11 Å². The molecule has 0 bridgehead atoms. The molecule has 86 valence electrons. The van der Waals surface area contributed by atoms with Crippen molar-refractivity contribution in [1.82, 2.24) is 9.97 Å². The van der Waals surface area contributed by atoms with E-state index in [1.807, 2.05) is 0 Å². The van der Waals surface area contributed by atoms with E-state index in [0.717, 1.165) is 5.69 Å². The summed E-state index contributed by atoms with van der Waals surface area (Å²) in [6.45, 7) is 1.05. The summed E-state index contributed by atoms with van der Waals surface area (Å²) in [5.41, 5.74) is 1.36. The summed E-state index contributed by atoms with van der Waals surface area (Å²) in [5.74, 6) is -0.651. The Labute approximate surface area is 92.2 Å². The molecule has 0 atom stereocenters. The molecule has 0 saturated heterocycles. The zero-order chi connectivity index (χ0) is 11.5. The summed E-state index contributed by atoms with van der Waals surface area (Å²) < 4.78 is 10.1. The van der Waals surface area contributed by atoms with Crippen molar-refractivity contribution in [2.45, 2.75) is 19.6 Å². The first-order valence-corrected chi connectivity index (χ1v) is 4.91. The standard InChI is InChI=1S/C10H12N2O4/c1-15-5-8-11-7-2-3-16-4-6(7)9(12-8)10(13)14/h2-5H2,1H3,(H,13,14). The lowest BCUT2D eigenvalue weighted by Gasteiger charge is -2.17. The number of carboxylic acid groups (broad SMARTS) is 1. The average molecular weight is 224 g/mol. The number of ether oxygens (including phenoxy) is 2. The van der Waals surface area contributed by atoms with Gasteiger partial charge in [0.15, 0.2) is 11.5 Å². The fourth-order valence-corrected chi connectivity index (χ4v) is 1.65. The fourth-order valence-electron chi connectivity index (χ4n) is 1.65. The molecule has 16 heavy (non-hydrogen) atoms. The molecule has 0 aromatic carbocycles. The molecule has 1 aliphatic rings. The molecule has 0 amide bonds. The number of fused-ring (bicyclic) bond motifs is 1. The predicted octanol–water partition coefficient (Wildman–Crippen LogP) is 0.394. The Morgan fingerprint density at radius 3 is 3.06 bits per heavy atom. The van der Waals surface area contributed by atoms with Crippen LogP contribution in [0.15, 0.2) is 0 Å². The zero-order valence-corrected chi connectivity index (χ0v) is 8.89. The van der Waals surface area contributed by atoms with Gasteiger partial charge in [0.05, 0.1) is 18.9 Å². The first-order valence-electron chi connectivity index (χ1n) is 4.91. The van der Waals surface area contributed by atoms with Gasteiger partial charge in [-0.25, -0.2) is 14.8 Å². The zero-order valence-electron chi connectivity index (χ0n) is 8.89. The minimum Gasteiger partial charge on any atom is -0.476 e. The van der Waals surface area contributed by atoms with Gasteiger partial charge in [0.1, 0.15) is 6.61 Å². The number of rotatable bonds is 3. The van der Waals surface area contributed by atoms with Crippen LogP contribution in [0.3, 0.4) is 0 Å². The van der Waals surface area contributed by atoms with E-state index in [2.05, 4.69) is 9.97 Å². The largest absolute Gasteiger partial charge is 0.476 e. The number of aromatic carboxylic acids is 1. The molecule has 1 N–H and O–H groups in total. The third-order valence-corrected chi connectivity index (χ3v) is 2.34. The number of nitrogens with zero attached hydrogens (tertiary/aromatic N) is 2. The van der Waals surface area contributed by atoms with E-state index >= 15 is 0 Å². The van der Waals surface area contributed by atoms with Gasteiger partial charge in [0.25, 0.3) is 0 Å². The number of hydrogen-bond acceptors (Lipinski definition) is 5. The number of carboxylic acids is 1. The van der Waals surface area contributed by atoms with Crippen molar-refractivity contribution in [1.29, 1.82) is 0 Å². The van der Waals surface area contributed by atoms with Gasteiger partial charge in [-0.3, -0.25) is 0 Å². The van der Waals surface area contributed by atoms with Gasteiger partial charge < -0.3 is 14.6 Å². The van der Waals surface area contributed by atoms with Crippen LogP contribution in [0.25, 0.3) is 0 Å². The van der Waals surface area contributed by atoms with Crippen molar-refractivity contribution in [3.05, 3.63) is 22.8 Å². The van der Waals surface area contributed by atoms with Crippen molar-refractivity contribution in [3.8, 4) is 0 Å². The van der Waals surface area contributed by atoms with Crippen LogP contribution in [-0.4, -0.2) is 34.8 Å². The Morgan fingerprint density at radius 1 is 1.56 bits per heavy atom. The second-order valence-corrected chi connectivity index (χ2v) is 3.45. The highest BCUT2D eigenvalue weighted by molar-refractivity contribution is 5.87. The lowest BCUT2D eigenvalue weighted by Crippen LogP contribution is -2.20. The third kappa shape index (κ3) is 2.02. The van der Waals surface area contributed by atoms with E-state index in [1.54, 1.807) is 0 Å². The summed E-state index contributed by atoms with van der Waals surface area (Å²) in [7, 11) is 1.52. The molecule has 0 spiro atoms. The maximum atomic E-state index is 11.0. The van der Waals surface area contributed by atoms with Crippen LogP contribution >= 0.6 is 0 Å². The van der Waals surface area contributed by atoms with Gasteiger partial charge in [-0.15, -0.1) is 0 Å². The second kappa shape index (κ2) is 4.54. The van der Waals surface area contributed by atoms with Crippen LogP contribution in [0.4, 0.5) is 0 Å². The smallest absolute Gasteiger partial charge is 0.355 e. The van der Waals surface area contributed by atoms with E-state index < -0.39 is 5.97 Å². The Balaban J connectivity index is 2.47. The number of hydrogen-bond donors (Lipinski definition) is 1. The highest BCUT2D eigenvalue weighted by atomic mass is 16.5. The third-order valence-electron chi connectivity index (χ3n) is 2.34. The monoisotopic (exact) mass is 224 g/mol. The molecule has 1 aromatic rings. The number of aromatic nitrogens is 2. The highest BCUT2D eigenvalue weighted by Gasteiger charge is 2.21. The average Bonchev–Trinajstić information content (AvgIpc) is 2.28. The van der Waals surface area contributed by atoms with Crippen molar-refractivity contribution in [2.75, 3.05) is 13.7 Å². The Morgan fingerprint density at radius 2 is 2.38 bits per heavy atom. The van der Waals surface area contributed by atoms with E-state index in [9.17, 15) is 4.79 Å². The van der Waals surface area contributed by atoms with Gasteiger partial charge in [-0.2, -0.15) is 0 Å². The molecule has 1 aliphatic heterocycles. The first-order chi connectivity index (χ1) is 7.72. The molecule has 2 heterocycles. The Bertz CT molecular complexity index is 420. The van der Waals surface area contributed by atoms with Crippen LogP contribution in [0.1, 0.15) is 27.6 Å². The summed E-state index contributed by atoms with van der Waals surface area (Å²) in [6.07, 6.45) is 0.620. The van der Waals surface area contributed by atoms with Crippen molar-refractivity contribution in [2.24, 2.45) is 0 Å². The van der Waals surface area contributed by atoms with Gasteiger partial charge in [0, 0.05) is 19.1 Å². The van der Waals surface area contributed by atoms with Crippen molar-refractivity contribution >= 4 is 5.97 Å². The number of methoxy groups -OCH3 is 1. The van der Waals surface area contributed by atoms with Crippen molar-refractivity contribution in [3.63, 3.8) is 0 Å². The maximum Gasteiger partial charge on any atom is 0.355 e. The van der Waals surface area contributed by atoms with Gasteiger partial charge in [-0.1, -0.05) is 0 Å². The predicted molar refractivity (Wildman–Crippen MR) is 53.1 cm³/mol. The molecule has 0 saturated carbocycles. The fraction of sp³-hybridized carbons (Fsp3) is 0.500. The van der Waals surface area contributed by atoms with Crippen LogP contribution in [0.2, 0.25) is 0 Å². The molecule has 0 unspecified atom stereocenters. The maximum absolute atomic E-state index is 11.0. The van der Waals surface area contributed by atoms with Gasteiger partial charge >= 0.3 is 5.97 Å². The van der Waals surface area contributed by atoms with E-state index in [0.29, 0.717) is 24.4 Å². The molecule has 0 fully saturated rings. The van der Waals surface area contributed by atoms with E-state index in [4.69, 9.17) is 14.6 Å². The summed E-state index contributed by atoms with van der Waals surface area (Å²) in [4.78, 5) is 19.3. The topological polar surface area (TPSA) is 81.5 Å². The van der Waals surface area contributed by atoms with Gasteiger partial charge in [-0.05, 0) is 0 Å². The summed E-state index contributed by atoms with van der Waals surface area (Å²) >= 11 is 0. The van der Waals surface area contributed by atoms with Gasteiger partial charge in [0.2, 0.25) is 0 Å². The molecular weight excluding hydrogens is 212 g/mol. The first kappa shape index (κ1) is 11.0. The van der Waals surface area contributed by atoms with Crippen molar-refractivity contribution < 1.29 is 19.4 Å². The van der Waals surface area contributed by atoms with E-state index in [-0.39, 0.29) is 18.9 Å². The molecule has 0 radical (unpaired) electrons. The minimum atomic E-state index is -1.05. The summed E-state index contributed by atoms with van der Waals surface area (Å²) in [5, 5.41) is 9.05. The Hall–Kier alpha value is -1.53. The van der Waals surface area contributed by atoms with Crippen LogP contribution in [0.5, 0.6) is 0 Å². The lowest BCUT2D eigenvalue weighted by atomic mass is 10.1. The molecule has 1 aromatic heterocycles. The molecule has 2 rings (SSSR count). The normalized spacial score (nSPS) is 14.6. The molecule has 6 heteroatoms. The molecule has 0 aliphatic carbocycles. The quantitative estimate of drug-likeness (QED) is 0.800. The summed E-state index contributed by atoms with van der Waals surface area (Å²) in [6, 6.07) is 0. The van der Waals surface area contributed by atoms with Crippen LogP contribution in [0, 0.1) is 0 Å².